The lowest BCUT2D eigenvalue weighted by Gasteiger charge is -2.21. The predicted molar refractivity (Wildman–Crippen MR) is 91.4 cm³/mol. The molecule has 1 aromatic carbocycles. The standard InChI is InChI=1S/C17H19FN2O5S/c1-4-24-17(21)14-15(19-20-8-7-10(2)25-16(14)20)12-9-11(26(3,22)23)5-6-13(12)18/h5-6,9-10H,4,7-8H2,1-3H3/t10-/m1/s1. The zero-order valence-electron chi connectivity index (χ0n) is 14.7. The normalized spacial score (nSPS) is 16.7. The van der Waals surface area contributed by atoms with Crippen LogP contribution in [0.25, 0.3) is 11.3 Å². The van der Waals surface area contributed by atoms with E-state index >= 15 is 0 Å². The molecule has 0 fully saturated rings. The van der Waals surface area contributed by atoms with Gasteiger partial charge in [0.25, 0.3) is 0 Å². The molecule has 26 heavy (non-hydrogen) atoms. The van der Waals surface area contributed by atoms with Gasteiger partial charge in [-0.3, -0.25) is 0 Å². The van der Waals surface area contributed by atoms with Crippen molar-refractivity contribution in [3.8, 4) is 17.1 Å². The number of carbonyl (C=O) groups is 1. The van der Waals surface area contributed by atoms with Gasteiger partial charge < -0.3 is 9.47 Å². The van der Waals surface area contributed by atoms with Crippen LogP contribution >= 0.6 is 0 Å². The molecule has 0 saturated heterocycles. The fraction of sp³-hybridized carbons (Fsp3) is 0.412. The van der Waals surface area contributed by atoms with Gasteiger partial charge in [-0.05, 0) is 32.0 Å². The minimum absolute atomic E-state index is 0.00273. The molecule has 0 radical (unpaired) electrons. The molecule has 2 heterocycles. The van der Waals surface area contributed by atoms with E-state index in [0.717, 1.165) is 12.3 Å². The minimum atomic E-state index is -3.55. The van der Waals surface area contributed by atoms with Gasteiger partial charge in [-0.1, -0.05) is 0 Å². The van der Waals surface area contributed by atoms with E-state index in [4.69, 9.17) is 9.47 Å². The molecule has 1 aliphatic rings. The van der Waals surface area contributed by atoms with Gasteiger partial charge in [-0.15, -0.1) is 0 Å². The van der Waals surface area contributed by atoms with E-state index in [-0.39, 0.29) is 40.3 Å². The van der Waals surface area contributed by atoms with Crippen LogP contribution in [0.3, 0.4) is 0 Å². The maximum absolute atomic E-state index is 14.5. The van der Waals surface area contributed by atoms with E-state index in [1.54, 1.807) is 6.92 Å². The van der Waals surface area contributed by atoms with Gasteiger partial charge in [0.05, 0.1) is 17.6 Å². The summed E-state index contributed by atoms with van der Waals surface area (Å²) >= 11 is 0. The Bertz CT molecular complexity index is 968. The molecule has 0 aliphatic carbocycles. The zero-order valence-corrected chi connectivity index (χ0v) is 15.5. The molecule has 7 nitrogen and oxygen atoms in total. The second-order valence-corrected chi connectivity index (χ2v) is 8.12. The molecular formula is C17H19FN2O5S. The number of aromatic nitrogens is 2. The van der Waals surface area contributed by atoms with Crippen LogP contribution in [-0.4, -0.2) is 43.1 Å². The second kappa shape index (κ2) is 6.71. The van der Waals surface area contributed by atoms with Crippen molar-refractivity contribution in [1.82, 2.24) is 9.78 Å². The van der Waals surface area contributed by atoms with Crippen LogP contribution < -0.4 is 4.74 Å². The summed E-state index contributed by atoms with van der Waals surface area (Å²) in [5, 5.41) is 4.30. The summed E-state index contributed by atoms with van der Waals surface area (Å²) in [6, 6.07) is 3.39. The van der Waals surface area contributed by atoms with Crippen LogP contribution in [0.4, 0.5) is 4.39 Å². The number of carbonyl (C=O) groups excluding carboxylic acids is 1. The van der Waals surface area contributed by atoms with Crippen LogP contribution in [0.1, 0.15) is 30.6 Å². The summed E-state index contributed by atoms with van der Waals surface area (Å²) in [6.07, 6.45) is 1.58. The van der Waals surface area contributed by atoms with Crippen LogP contribution in [0.5, 0.6) is 5.88 Å². The van der Waals surface area contributed by atoms with Crippen LogP contribution in [0, 0.1) is 5.82 Å². The molecule has 0 N–H and O–H groups in total. The summed E-state index contributed by atoms with van der Waals surface area (Å²) in [6.45, 7) is 4.14. The van der Waals surface area contributed by atoms with Crippen molar-refractivity contribution in [2.24, 2.45) is 0 Å². The number of nitrogens with zero attached hydrogens (tertiary/aromatic N) is 2. The van der Waals surface area contributed by atoms with Crippen molar-refractivity contribution in [2.75, 3.05) is 12.9 Å². The lowest BCUT2D eigenvalue weighted by molar-refractivity contribution is 0.0515. The van der Waals surface area contributed by atoms with Crippen molar-refractivity contribution in [3.63, 3.8) is 0 Å². The lowest BCUT2D eigenvalue weighted by atomic mass is 10.1. The number of hydrogen-bond donors (Lipinski definition) is 0. The SMILES string of the molecule is CCOC(=O)c1c(-c2cc(S(C)(=O)=O)ccc2F)nn2c1O[C@H](C)CC2. The first-order chi connectivity index (χ1) is 12.2. The maximum Gasteiger partial charge on any atom is 0.345 e. The van der Waals surface area contributed by atoms with E-state index < -0.39 is 21.6 Å². The van der Waals surface area contributed by atoms with Gasteiger partial charge >= 0.3 is 5.97 Å². The lowest BCUT2D eigenvalue weighted by Crippen LogP contribution is -2.24. The Balaban J connectivity index is 2.24. The summed E-state index contributed by atoms with van der Waals surface area (Å²) in [5.41, 5.74) is -0.0763. The molecule has 0 bridgehead atoms. The number of sulfone groups is 1. The van der Waals surface area contributed by atoms with Crippen molar-refractivity contribution in [2.45, 2.75) is 37.8 Å². The van der Waals surface area contributed by atoms with Crippen molar-refractivity contribution in [3.05, 3.63) is 29.6 Å². The fourth-order valence-corrected chi connectivity index (χ4v) is 3.41. The first kappa shape index (κ1) is 18.4. The monoisotopic (exact) mass is 382 g/mol. The van der Waals surface area contributed by atoms with Crippen molar-refractivity contribution >= 4 is 15.8 Å². The van der Waals surface area contributed by atoms with Gasteiger partial charge in [-0.2, -0.15) is 5.10 Å². The third kappa shape index (κ3) is 3.31. The number of rotatable bonds is 4. The average Bonchev–Trinajstić information content (AvgIpc) is 2.92. The zero-order chi connectivity index (χ0) is 19.1. The third-order valence-corrected chi connectivity index (χ3v) is 5.18. The number of esters is 1. The van der Waals surface area contributed by atoms with E-state index in [9.17, 15) is 17.6 Å². The molecule has 9 heteroatoms. The van der Waals surface area contributed by atoms with E-state index in [2.05, 4.69) is 5.10 Å². The average molecular weight is 382 g/mol. The van der Waals surface area contributed by atoms with Gasteiger partial charge in [-0.25, -0.2) is 22.3 Å². The highest BCUT2D eigenvalue weighted by Gasteiger charge is 2.32. The second-order valence-electron chi connectivity index (χ2n) is 6.10. The first-order valence-electron chi connectivity index (χ1n) is 8.17. The van der Waals surface area contributed by atoms with Gasteiger partial charge in [0.15, 0.2) is 9.84 Å². The first-order valence-corrected chi connectivity index (χ1v) is 10.1. The van der Waals surface area contributed by atoms with Crippen LogP contribution in [0.2, 0.25) is 0 Å². The predicted octanol–water partition coefficient (Wildman–Crippen LogP) is 2.44. The molecule has 0 saturated carbocycles. The quantitative estimate of drug-likeness (QED) is 0.596. The molecule has 0 amide bonds. The Labute approximate surface area is 150 Å². The Morgan fingerprint density at radius 3 is 2.85 bits per heavy atom. The molecule has 3 rings (SSSR count). The molecule has 0 unspecified atom stereocenters. The van der Waals surface area contributed by atoms with Crippen molar-refractivity contribution in [1.29, 1.82) is 0 Å². The molecule has 1 aliphatic heterocycles. The van der Waals surface area contributed by atoms with Crippen molar-refractivity contribution < 1.29 is 27.1 Å². The highest BCUT2D eigenvalue weighted by atomic mass is 32.2. The number of halogens is 1. The molecule has 2 aromatic rings. The number of fused-ring (bicyclic) bond motifs is 1. The largest absolute Gasteiger partial charge is 0.474 e. The number of hydrogen-bond acceptors (Lipinski definition) is 6. The summed E-state index contributed by atoms with van der Waals surface area (Å²) in [7, 11) is -3.55. The van der Waals surface area contributed by atoms with Gasteiger partial charge in [0, 0.05) is 24.8 Å². The van der Waals surface area contributed by atoms with Crippen LogP contribution in [-0.2, 0) is 21.1 Å². The van der Waals surface area contributed by atoms with Gasteiger partial charge in [0.2, 0.25) is 5.88 Å². The highest BCUT2D eigenvalue weighted by molar-refractivity contribution is 7.90. The Kier molecular flexibility index (Phi) is 4.74. The van der Waals surface area contributed by atoms with E-state index in [1.165, 1.54) is 16.8 Å². The summed E-state index contributed by atoms with van der Waals surface area (Å²) in [5.74, 6) is -1.17. The van der Waals surface area contributed by atoms with E-state index in [0.29, 0.717) is 13.0 Å². The summed E-state index contributed by atoms with van der Waals surface area (Å²) in [4.78, 5) is 12.4. The molecule has 140 valence electrons. The van der Waals surface area contributed by atoms with Gasteiger partial charge in [0.1, 0.15) is 17.1 Å². The number of benzene rings is 1. The van der Waals surface area contributed by atoms with Crippen LogP contribution in [0.15, 0.2) is 23.1 Å². The Hall–Kier alpha value is -2.42. The number of aryl methyl sites for hydroxylation is 1. The minimum Gasteiger partial charge on any atom is -0.474 e. The Morgan fingerprint density at radius 1 is 1.46 bits per heavy atom. The van der Waals surface area contributed by atoms with E-state index in [1.807, 2.05) is 6.92 Å². The highest BCUT2D eigenvalue weighted by Crippen LogP contribution is 2.36. The molecular weight excluding hydrogens is 363 g/mol. The third-order valence-electron chi connectivity index (χ3n) is 4.07. The summed E-state index contributed by atoms with van der Waals surface area (Å²) < 4.78 is 50.4. The molecule has 0 spiro atoms. The smallest absolute Gasteiger partial charge is 0.345 e. The molecule has 1 aromatic heterocycles. The Morgan fingerprint density at radius 2 is 2.19 bits per heavy atom. The number of ether oxygens (including phenoxy) is 2. The fourth-order valence-electron chi connectivity index (χ4n) is 2.76. The molecule has 1 atom stereocenters. The topological polar surface area (TPSA) is 87.5 Å². The maximum atomic E-state index is 14.5.